The second-order valence-electron chi connectivity index (χ2n) is 7.68. The van der Waals surface area contributed by atoms with Gasteiger partial charge in [0, 0.05) is 39.1 Å². The summed E-state index contributed by atoms with van der Waals surface area (Å²) in [4.78, 5) is 17.1. The lowest BCUT2D eigenvalue weighted by molar-refractivity contribution is -0.133. The Kier molecular flexibility index (Phi) is 3.92. The van der Waals surface area contributed by atoms with Gasteiger partial charge in [-0.25, -0.2) is 0 Å². The van der Waals surface area contributed by atoms with Crippen LogP contribution in [0.2, 0.25) is 0 Å². The van der Waals surface area contributed by atoms with Crippen LogP contribution in [-0.4, -0.2) is 61.6 Å². The molecule has 4 nitrogen and oxygen atoms in total. The first-order chi connectivity index (χ1) is 10.3. The number of hydrogen-bond acceptors (Lipinski definition) is 3. The molecule has 0 aromatic carbocycles. The molecule has 0 aromatic rings. The van der Waals surface area contributed by atoms with E-state index in [9.17, 15) is 4.79 Å². The minimum atomic E-state index is 0.377. The van der Waals surface area contributed by atoms with Crippen LogP contribution >= 0.6 is 0 Å². The lowest BCUT2D eigenvalue weighted by atomic mass is 9.81. The fourth-order valence-electron chi connectivity index (χ4n) is 4.54. The van der Waals surface area contributed by atoms with Crippen molar-refractivity contribution in [2.75, 3.05) is 45.9 Å². The molecular weight excluding hydrogens is 264 g/mol. The highest BCUT2D eigenvalue weighted by Gasteiger charge is 2.43. The van der Waals surface area contributed by atoms with E-state index in [0.29, 0.717) is 23.7 Å². The SMILES string of the molecule is O=C(C[C@@H]1COC[C@H]2CN(CC3CC3)C[C@@H]12)N1CCCC1. The van der Waals surface area contributed by atoms with E-state index in [4.69, 9.17) is 4.74 Å². The molecule has 4 rings (SSSR count). The Hall–Kier alpha value is -0.610. The van der Waals surface area contributed by atoms with Gasteiger partial charge in [0.05, 0.1) is 13.2 Å². The predicted octanol–water partition coefficient (Wildman–Crippen LogP) is 1.60. The van der Waals surface area contributed by atoms with Crippen molar-refractivity contribution >= 4 is 5.91 Å². The van der Waals surface area contributed by atoms with Gasteiger partial charge in [-0.05, 0) is 49.4 Å². The molecule has 0 aromatic heterocycles. The van der Waals surface area contributed by atoms with E-state index in [-0.39, 0.29) is 0 Å². The Morgan fingerprint density at radius 2 is 1.90 bits per heavy atom. The normalized spacial score (nSPS) is 37.0. The third-order valence-electron chi connectivity index (χ3n) is 5.95. The molecule has 3 heterocycles. The van der Waals surface area contributed by atoms with Gasteiger partial charge in [-0.3, -0.25) is 4.79 Å². The number of carbonyl (C=O) groups excluding carboxylic acids is 1. The van der Waals surface area contributed by atoms with Gasteiger partial charge in [0.25, 0.3) is 0 Å². The second-order valence-corrected chi connectivity index (χ2v) is 7.68. The van der Waals surface area contributed by atoms with Crippen molar-refractivity contribution in [2.45, 2.75) is 32.1 Å². The monoisotopic (exact) mass is 292 g/mol. The number of hydrogen-bond donors (Lipinski definition) is 0. The van der Waals surface area contributed by atoms with Crippen LogP contribution in [0.5, 0.6) is 0 Å². The smallest absolute Gasteiger partial charge is 0.222 e. The van der Waals surface area contributed by atoms with Crippen molar-refractivity contribution in [1.82, 2.24) is 9.80 Å². The zero-order valence-corrected chi connectivity index (χ0v) is 13.0. The Bertz CT molecular complexity index is 390. The number of nitrogens with zero attached hydrogens (tertiary/aromatic N) is 2. The molecule has 21 heavy (non-hydrogen) atoms. The molecule has 118 valence electrons. The van der Waals surface area contributed by atoms with Crippen molar-refractivity contribution in [1.29, 1.82) is 0 Å². The molecule has 4 fully saturated rings. The highest BCUT2D eigenvalue weighted by molar-refractivity contribution is 5.76. The van der Waals surface area contributed by atoms with E-state index >= 15 is 0 Å². The first-order valence-electron chi connectivity index (χ1n) is 8.87. The maximum absolute atomic E-state index is 12.4. The highest BCUT2D eigenvalue weighted by Crippen LogP contribution is 2.38. The molecule has 1 amide bonds. The zero-order chi connectivity index (χ0) is 14.2. The molecule has 3 saturated heterocycles. The highest BCUT2D eigenvalue weighted by atomic mass is 16.5. The van der Waals surface area contributed by atoms with Crippen LogP contribution in [0.4, 0.5) is 0 Å². The number of fused-ring (bicyclic) bond motifs is 1. The number of ether oxygens (including phenoxy) is 1. The van der Waals surface area contributed by atoms with Crippen LogP contribution in [0, 0.1) is 23.7 Å². The lowest BCUT2D eigenvalue weighted by Gasteiger charge is -2.33. The Morgan fingerprint density at radius 1 is 1.10 bits per heavy atom. The summed E-state index contributed by atoms with van der Waals surface area (Å²) in [6.07, 6.45) is 5.96. The van der Waals surface area contributed by atoms with Gasteiger partial charge < -0.3 is 14.5 Å². The van der Waals surface area contributed by atoms with E-state index in [1.54, 1.807) is 0 Å². The molecule has 4 heteroatoms. The number of rotatable bonds is 4. The van der Waals surface area contributed by atoms with Crippen molar-refractivity contribution in [3.05, 3.63) is 0 Å². The van der Waals surface area contributed by atoms with Gasteiger partial charge in [-0.2, -0.15) is 0 Å². The minimum Gasteiger partial charge on any atom is -0.381 e. The van der Waals surface area contributed by atoms with Crippen LogP contribution in [0.3, 0.4) is 0 Å². The fourth-order valence-corrected chi connectivity index (χ4v) is 4.54. The quantitative estimate of drug-likeness (QED) is 0.789. The molecule has 3 atom stereocenters. The van der Waals surface area contributed by atoms with Crippen molar-refractivity contribution in [2.24, 2.45) is 23.7 Å². The van der Waals surface area contributed by atoms with Crippen molar-refractivity contribution in [3.8, 4) is 0 Å². The summed E-state index contributed by atoms with van der Waals surface area (Å²) in [6, 6.07) is 0. The summed E-state index contributed by atoms with van der Waals surface area (Å²) in [7, 11) is 0. The van der Waals surface area contributed by atoms with Crippen LogP contribution in [-0.2, 0) is 9.53 Å². The maximum atomic E-state index is 12.4. The van der Waals surface area contributed by atoms with Crippen LogP contribution < -0.4 is 0 Å². The average Bonchev–Trinajstić information content (AvgIpc) is 2.99. The van der Waals surface area contributed by atoms with Gasteiger partial charge in [-0.1, -0.05) is 0 Å². The lowest BCUT2D eigenvalue weighted by Crippen LogP contribution is -2.39. The molecule has 3 aliphatic heterocycles. The van der Waals surface area contributed by atoms with Crippen LogP contribution in [0.1, 0.15) is 32.1 Å². The van der Waals surface area contributed by atoms with Crippen LogP contribution in [0.25, 0.3) is 0 Å². The van der Waals surface area contributed by atoms with E-state index < -0.39 is 0 Å². The number of likely N-dealkylation sites (tertiary alicyclic amines) is 2. The van der Waals surface area contributed by atoms with E-state index in [0.717, 1.165) is 38.6 Å². The first-order valence-corrected chi connectivity index (χ1v) is 8.87. The summed E-state index contributed by atoms with van der Waals surface area (Å²) in [5.74, 6) is 3.18. The summed E-state index contributed by atoms with van der Waals surface area (Å²) < 4.78 is 5.83. The summed E-state index contributed by atoms with van der Waals surface area (Å²) in [5, 5.41) is 0. The van der Waals surface area contributed by atoms with Gasteiger partial charge in [0.15, 0.2) is 0 Å². The minimum absolute atomic E-state index is 0.377. The molecule has 0 radical (unpaired) electrons. The van der Waals surface area contributed by atoms with Gasteiger partial charge >= 0.3 is 0 Å². The maximum Gasteiger partial charge on any atom is 0.222 e. The van der Waals surface area contributed by atoms with Gasteiger partial charge in [0.2, 0.25) is 5.91 Å². The Balaban J connectivity index is 1.34. The number of amides is 1. The molecule has 0 spiro atoms. The van der Waals surface area contributed by atoms with E-state index in [1.165, 1.54) is 45.3 Å². The summed E-state index contributed by atoms with van der Waals surface area (Å²) in [5.41, 5.74) is 0. The zero-order valence-electron chi connectivity index (χ0n) is 13.0. The summed E-state index contributed by atoms with van der Waals surface area (Å²) in [6.45, 7) is 7.39. The Morgan fingerprint density at radius 3 is 2.67 bits per heavy atom. The topological polar surface area (TPSA) is 32.8 Å². The fraction of sp³-hybridized carbons (Fsp3) is 0.941. The predicted molar refractivity (Wildman–Crippen MR) is 80.9 cm³/mol. The van der Waals surface area contributed by atoms with Crippen LogP contribution in [0.15, 0.2) is 0 Å². The van der Waals surface area contributed by atoms with E-state index in [2.05, 4.69) is 9.80 Å². The molecule has 0 N–H and O–H groups in total. The standard InChI is InChI=1S/C17H28N2O2/c20-17(19-5-1-2-6-19)7-14-11-21-12-15-9-18(10-16(14)15)8-13-3-4-13/h13-16H,1-12H2/t14-,15-,16+/m1/s1. The first kappa shape index (κ1) is 14.0. The van der Waals surface area contributed by atoms with Crippen molar-refractivity contribution in [3.63, 3.8) is 0 Å². The number of carbonyl (C=O) groups is 1. The van der Waals surface area contributed by atoms with Crippen molar-refractivity contribution < 1.29 is 9.53 Å². The molecule has 1 saturated carbocycles. The van der Waals surface area contributed by atoms with Gasteiger partial charge in [0.1, 0.15) is 0 Å². The molecule has 1 aliphatic carbocycles. The largest absolute Gasteiger partial charge is 0.381 e. The molecular formula is C17H28N2O2. The third-order valence-corrected chi connectivity index (χ3v) is 5.95. The van der Waals surface area contributed by atoms with Gasteiger partial charge in [-0.15, -0.1) is 0 Å². The molecule has 4 aliphatic rings. The molecule has 0 unspecified atom stereocenters. The second kappa shape index (κ2) is 5.88. The average molecular weight is 292 g/mol. The van der Waals surface area contributed by atoms with E-state index in [1.807, 2.05) is 0 Å². The summed E-state index contributed by atoms with van der Waals surface area (Å²) >= 11 is 0. The third kappa shape index (κ3) is 3.11. The Labute approximate surface area is 127 Å². The molecule has 0 bridgehead atoms.